The first-order valence-corrected chi connectivity index (χ1v) is 8.87. The Kier molecular flexibility index (Phi) is 7.90. The minimum atomic E-state index is -0.453. The molecule has 0 bridgehead atoms. The van der Waals surface area contributed by atoms with Gasteiger partial charge in [0.25, 0.3) is 0 Å². The number of thiophene rings is 1. The molecule has 2 N–H and O–H groups in total. The average Bonchev–Trinajstić information content (AvgIpc) is 2.81. The molecule has 0 saturated carbocycles. The zero-order valence-corrected chi connectivity index (χ0v) is 15.3. The smallest absolute Gasteiger partial charge is 0.407 e. The van der Waals surface area contributed by atoms with Crippen molar-refractivity contribution in [3.63, 3.8) is 0 Å². The highest BCUT2D eigenvalue weighted by atomic mass is 32.1. The Morgan fingerprint density at radius 3 is 2.64 bits per heavy atom. The van der Waals surface area contributed by atoms with Gasteiger partial charge in [0.2, 0.25) is 0 Å². The van der Waals surface area contributed by atoms with Gasteiger partial charge in [-0.25, -0.2) is 4.79 Å². The summed E-state index contributed by atoms with van der Waals surface area (Å²) >= 11 is 1.81. The Labute approximate surface area is 138 Å². The fraction of sp³-hybridized carbons (Fsp3) is 0.706. The van der Waals surface area contributed by atoms with Crippen LogP contribution in [0.5, 0.6) is 0 Å². The van der Waals surface area contributed by atoms with Crippen LogP contribution in [0, 0.1) is 6.92 Å². The van der Waals surface area contributed by atoms with Crippen molar-refractivity contribution in [2.75, 3.05) is 6.54 Å². The van der Waals surface area contributed by atoms with Gasteiger partial charge in [-0.05, 0) is 46.2 Å². The van der Waals surface area contributed by atoms with E-state index < -0.39 is 5.60 Å². The molecule has 126 valence electrons. The SMILES string of the molecule is CCCCC(CNC(=O)OC(C)(C)C)NCc1ccc(C)s1. The number of nitrogens with one attached hydrogen (secondary N) is 2. The highest BCUT2D eigenvalue weighted by Gasteiger charge is 2.17. The zero-order chi connectivity index (χ0) is 16.6. The summed E-state index contributed by atoms with van der Waals surface area (Å²) in [6, 6.07) is 4.57. The third-order valence-electron chi connectivity index (χ3n) is 3.16. The van der Waals surface area contributed by atoms with E-state index in [0.717, 1.165) is 25.8 Å². The van der Waals surface area contributed by atoms with Crippen LogP contribution in [0.15, 0.2) is 12.1 Å². The fourth-order valence-electron chi connectivity index (χ4n) is 2.07. The van der Waals surface area contributed by atoms with E-state index in [4.69, 9.17) is 4.74 Å². The van der Waals surface area contributed by atoms with Crippen molar-refractivity contribution in [1.29, 1.82) is 0 Å². The lowest BCUT2D eigenvalue weighted by atomic mass is 10.1. The average molecular weight is 327 g/mol. The van der Waals surface area contributed by atoms with Crippen LogP contribution in [0.1, 0.15) is 56.7 Å². The minimum absolute atomic E-state index is 0.273. The maximum absolute atomic E-state index is 11.8. The van der Waals surface area contributed by atoms with E-state index in [1.165, 1.54) is 9.75 Å². The molecule has 1 atom stereocenters. The number of hydrogen-bond acceptors (Lipinski definition) is 4. The predicted molar refractivity (Wildman–Crippen MR) is 93.4 cm³/mol. The van der Waals surface area contributed by atoms with Gasteiger partial charge in [-0.3, -0.25) is 0 Å². The molecule has 1 aromatic rings. The molecule has 0 aliphatic heterocycles. The van der Waals surface area contributed by atoms with E-state index in [9.17, 15) is 4.79 Å². The Bertz CT molecular complexity index is 452. The van der Waals surface area contributed by atoms with Gasteiger partial charge < -0.3 is 15.4 Å². The van der Waals surface area contributed by atoms with Crippen LogP contribution in [-0.2, 0) is 11.3 Å². The Hall–Kier alpha value is -1.07. The monoisotopic (exact) mass is 326 g/mol. The summed E-state index contributed by atoms with van der Waals surface area (Å²) in [5, 5.41) is 6.41. The maximum atomic E-state index is 11.8. The van der Waals surface area contributed by atoms with Gasteiger partial charge in [0, 0.05) is 28.9 Å². The molecule has 1 amide bonds. The second kappa shape index (κ2) is 9.16. The third kappa shape index (κ3) is 8.39. The highest BCUT2D eigenvalue weighted by Crippen LogP contribution is 2.15. The molecule has 0 radical (unpaired) electrons. The molecule has 1 heterocycles. The molecule has 0 aliphatic rings. The summed E-state index contributed by atoms with van der Waals surface area (Å²) in [5.74, 6) is 0. The normalized spacial score (nSPS) is 13.0. The molecule has 1 aromatic heterocycles. The lowest BCUT2D eigenvalue weighted by molar-refractivity contribution is 0.0521. The molecule has 0 aliphatic carbocycles. The fourth-order valence-corrected chi connectivity index (χ4v) is 2.91. The van der Waals surface area contributed by atoms with E-state index >= 15 is 0 Å². The van der Waals surface area contributed by atoms with Crippen LogP contribution in [0.3, 0.4) is 0 Å². The number of carbonyl (C=O) groups excluding carboxylic acids is 1. The number of hydrogen-bond donors (Lipinski definition) is 2. The topological polar surface area (TPSA) is 50.4 Å². The van der Waals surface area contributed by atoms with Gasteiger partial charge >= 0.3 is 6.09 Å². The molecule has 0 saturated heterocycles. The molecule has 0 spiro atoms. The number of alkyl carbamates (subject to hydrolysis) is 1. The third-order valence-corrected chi connectivity index (χ3v) is 4.16. The minimum Gasteiger partial charge on any atom is -0.444 e. The lowest BCUT2D eigenvalue weighted by Crippen LogP contribution is -2.42. The highest BCUT2D eigenvalue weighted by molar-refractivity contribution is 7.11. The molecule has 0 aromatic carbocycles. The largest absolute Gasteiger partial charge is 0.444 e. The lowest BCUT2D eigenvalue weighted by Gasteiger charge is -2.22. The van der Waals surface area contributed by atoms with E-state index in [1.54, 1.807) is 0 Å². The summed E-state index contributed by atoms with van der Waals surface area (Å²) in [6.45, 7) is 11.4. The van der Waals surface area contributed by atoms with Crippen LogP contribution < -0.4 is 10.6 Å². The van der Waals surface area contributed by atoms with Gasteiger partial charge in [-0.15, -0.1) is 11.3 Å². The Morgan fingerprint density at radius 1 is 1.36 bits per heavy atom. The maximum Gasteiger partial charge on any atom is 0.407 e. The standard InChI is InChI=1S/C17H30N2O2S/c1-6-7-8-14(11-19-16(20)21-17(3,4)5)18-12-15-10-9-13(2)22-15/h9-10,14,18H,6-8,11-12H2,1-5H3,(H,19,20). The van der Waals surface area contributed by atoms with Crippen LogP contribution in [0.4, 0.5) is 4.79 Å². The number of rotatable bonds is 8. The molecule has 0 fully saturated rings. The zero-order valence-electron chi connectivity index (χ0n) is 14.5. The van der Waals surface area contributed by atoms with Gasteiger partial charge in [0.1, 0.15) is 5.60 Å². The molecule has 22 heavy (non-hydrogen) atoms. The first-order chi connectivity index (χ1) is 10.3. The summed E-state index contributed by atoms with van der Waals surface area (Å²) < 4.78 is 5.28. The van der Waals surface area contributed by atoms with Crippen molar-refractivity contribution in [2.24, 2.45) is 0 Å². The summed E-state index contributed by atoms with van der Waals surface area (Å²) in [6.07, 6.45) is 3.01. The van der Waals surface area contributed by atoms with Gasteiger partial charge in [-0.2, -0.15) is 0 Å². The Balaban J connectivity index is 2.41. The first kappa shape index (κ1) is 19.0. The van der Waals surface area contributed by atoms with Crippen LogP contribution >= 0.6 is 11.3 Å². The first-order valence-electron chi connectivity index (χ1n) is 8.05. The number of amides is 1. The molecule has 4 nitrogen and oxygen atoms in total. The van der Waals surface area contributed by atoms with Gasteiger partial charge in [0.05, 0.1) is 0 Å². The number of aryl methyl sites for hydroxylation is 1. The summed E-state index contributed by atoms with van der Waals surface area (Å²) in [7, 11) is 0. The van der Waals surface area contributed by atoms with E-state index in [1.807, 2.05) is 32.1 Å². The van der Waals surface area contributed by atoms with E-state index in [-0.39, 0.29) is 12.1 Å². The van der Waals surface area contributed by atoms with Crippen molar-refractivity contribution in [3.05, 3.63) is 21.9 Å². The molecular formula is C17H30N2O2S. The van der Waals surface area contributed by atoms with Gasteiger partial charge in [-0.1, -0.05) is 19.8 Å². The number of unbranched alkanes of at least 4 members (excludes halogenated alkanes) is 1. The quantitative estimate of drug-likeness (QED) is 0.751. The second-order valence-electron chi connectivity index (χ2n) is 6.62. The molecule has 5 heteroatoms. The Morgan fingerprint density at radius 2 is 2.09 bits per heavy atom. The molecule has 1 rings (SSSR count). The predicted octanol–water partition coefficient (Wildman–Crippen LogP) is 4.23. The van der Waals surface area contributed by atoms with Crippen LogP contribution in [-0.4, -0.2) is 24.3 Å². The number of ether oxygens (including phenoxy) is 1. The van der Waals surface area contributed by atoms with Crippen LogP contribution in [0.2, 0.25) is 0 Å². The summed E-state index contributed by atoms with van der Waals surface area (Å²) in [5.41, 5.74) is -0.453. The molecule has 1 unspecified atom stereocenters. The van der Waals surface area contributed by atoms with Crippen molar-refractivity contribution in [3.8, 4) is 0 Å². The van der Waals surface area contributed by atoms with Crippen molar-refractivity contribution in [1.82, 2.24) is 10.6 Å². The molecular weight excluding hydrogens is 296 g/mol. The number of carbonyl (C=O) groups is 1. The van der Waals surface area contributed by atoms with E-state index in [2.05, 4.69) is 36.6 Å². The van der Waals surface area contributed by atoms with Crippen molar-refractivity contribution >= 4 is 17.4 Å². The van der Waals surface area contributed by atoms with Crippen LogP contribution in [0.25, 0.3) is 0 Å². The van der Waals surface area contributed by atoms with Crippen molar-refractivity contribution in [2.45, 2.75) is 72.1 Å². The van der Waals surface area contributed by atoms with Gasteiger partial charge in [0.15, 0.2) is 0 Å². The van der Waals surface area contributed by atoms with E-state index in [0.29, 0.717) is 6.54 Å². The van der Waals surface area contributed by atoms with Crippen molar-refractivity contribution < 1.29 is 9.53 Å². The second-order valence-corrected chi connectivity index (χ2v) is 7.99. The summed E-state index contributed by atoms with van der Waals surface area (Å²) in [4.78, 5) is 14.4.